The monoisotopic (exact) mass is 380 g/mol. The number of ether oxygens (including phenoxy) is 2. The lowest BCUT2D eigenvalue weighted by Crippen LogP contribution is -2.47. The van der Waals surface area contributed by atoms with E-state index in [0.717, 1.165) is 6.07 Å². The van der Waals surface area contributed by atoms with Crippen LogP contribution in [-0.4, -0.2) is 48.5 Å². The zero-order valence-corrected chi connectivity index (χ0v) is 15.8. The first-order valence-electron chi connectivity index (χ1n) is 8.96. The van der Waals surface area contributed by atoms with Crippen LogP contribution in [0.2, 0.25) is 0 Å². The first-order valence-corrected chi connectivity index (χ1v) is 8.96. The summed E-state index contributed by atoms with van der Waals surface area (Å²) in [5.41, 5.74) is 6.22. The lowest BCUT2D eigenvalue weighted by atomic mass is 9.98. The van der Waals surface area contributed by atoms with Crippen molar-refractivity contribution in [3.05, 3.63) is 29.1 Å². The molecule has 1 saturated heterocycles. The number of benzene rings is 1. The van der Waals surface area contributed by atoms with Crippen molar-refractivity contribution in [2.24, 2.45) is 5.92 Å². The number of amides is 1. The molecule has 1 amide bonds. The predicted octanol–water partition coefficient (Wildman–Crippen LogP) is 2.06. The number of hydrogen-bond acceptors (Lipinski definition) is 6. The predicted molar refractivity (Wildman–Crippen MR) is 96.4 cm³/mol. The molecule has 2 N–H and O–H groups in total. The molecule has 0 radical (unpaired) electrons. The Morgan fingerprint density at radius 3 is 2.74 bits per heavy atom. The van der Waals surface area contributed by atoms with Crippen LogP contribution in [0.4, 0.5) is 10.1 Å². The van der Waals surface area contributed by atoms with Gasteiger partial charge in [0.1, 0.15) is 5.82 Å². The molecule has 0 saturated carbocycles. The fourth-order valence-corrected chi connectivity index (χ4v) is 3.08. The van der Waals surface area contributed by atoms with E-state index < -0.39 is 23.8 Å². The van der Waals surface area contributed by atoms with E-state index in [0.29, 0.717) is 24.9 Å². The average Bonchev–Trinajstić information content (AvgIpc) is 2.64. The molecule has 1 aromatic rings. The van der Waals surface area contributed by atoms with Crippen molar-refractivity contribution in [1.29, 1.82) is 0 Å². The topological polar surface area (TPSA) is 98.9 Å². The Hall–Kier alpha value is -2.64. The number of nitrogens with two attached hydrogens (primary N) is 1. The Morgan fingerprint density at radius 1 is 1.37 bits per heavy atom. The van der Waals surface area contributed by atoms with Crippen LogP contribution in [0, 0.1) is 18.7 Å². The van der Waals surface area contributed by atoms with E-state index in [1.54, 1.807) is 13.8 Å². The highest BCUT2D eigenvalue weighted by atomic mass is 19.1. The molecular formula is C19H25FN2O5. The van der Waals surface area contributed by atoms with E-state index in [9.17, 15) is 18.8 Å². The second kappa shape index (κ2) is 8.83. The molecule has 2 atom stereocenters. The standard InChI is InChI=1S/C19H25FN2O5/c1-4-26-18(24)13-6-5-7-22(10-13)17(23)12(3)27-19(25)15-9-14(20)8-11(2)16(15)21/h8-9,12-13H,4-7,10,21H2,1-3H3/t12-,13-/m1/s1. The lowest BCUT2D eigenvalue weighted by molar-refractivity contribution is -0.152. The van der Waals surface area contributed by atoms with E-state index in [4.69, 9.17) is 15.2 Å². The van der Waals surface area contributed by atoms with E-state index in [1.807, 2.05) is 0 Å². The molecule has 0 bridgehead atoms. The molecule has 7 nitrogen and oxygen atoms in total. The number of nitrogen functional groups attached to an aromatic ring is 1. The van der Waals surface area contributed by atoms with Crippen LogP contribution in [0.15, 0.2) is 12.1 Å². The number of hydrogen-bond donors (Lipinski definition) is 1. The van der Waals surface area contributed by atoms with Crippen molar-refractivity contribution in [1.82, 2.24) is 4.90 Å². The van der Waals surface area contributed by atoms with E-state index in [1.165, 1.54) is 17.9 Å². The second-order valence-corrected chi connectivity index (χ2v) is 6.61. The smallest absolute Gasteiger partial charge is 0.341 e. The van der Waals surface area contributed by atoms with E-state index >= 15 is 0 Å². The molecule has 1 fully saturated rings. The molecular weight excluding hydrogens is 355 g/mol. The third-order valence-corrected chi connectivity index (χ3v) is 4.56. The summed E-state index contributed by atoms with van der Waals surface area (Å²) in [4.78, 5) is 38.3. The first kappa shape index (κ1) is 20.7. The van der Waals surface area contributed by atoms with Gasteiger partial charge in [0.25, 0.3) is 5.91 Å². The molecule has 27 heavy (non-hydrogen) atoms. The molecule has 1 heterocycles. The molecule has 8 heteroatoms. The maximum Gasteiger partial charge on any atom is 0.341 e. The fourth-order valence-electron chi connectivity index (χ4n) is 3.08. The van der Waals surface area contributed by atoms with Crippen molar-refractivity contribution in [2.75, 3.05) is 25.4 Å². The summed E-state index contributed by atoms with van der Waals surface area (Å²) in [6.45, 7) is 5.72. The van der Waals surface area contributed by atoms with Gasteiger partial charge in [0.2, 0.25) is 0 Å². The van der Waals surface area contributed by atoms with Crippen LogP contribution < -0.4 is 5.73 Å². The highest BCUT2D eigenvalue weighted by Crippen LogP contribution is 2.22. The van der Waals surface area contributed by atoms with Gasteiger partial charge in [-0.3, -0.25) is 9.59 Å². The highest BCUT2D eigenvalue weighted by Gasteiger charge is 2.32. The van der Waals surface area contributed by atoms with Crippen LogP contribution in [0.5, 0.6) is 0 Å². The summed E-state index contributed by atoms with van der Waals surface area (Å²) in [5, 5.41) is 0. The molecule has 1 aliphatic heterocycles. The van der Waals surface area contributed by atoms with Gasteiger partial charge in [0.15, 0.2) is 6.10 Å². The number of rotatable bonds is 5. The third-order valence-electron chi connectivity index (χ3n) is 4.56. The summed E-state index contributed by atoms with van der Waals surface area (Å²) in [6.07, 6.45) is 0.225. The van der Waals surface area contributed by atoms with Crippen LogP contribution in [0.25, 0.3) is 0 Å². The van der Waals surface area contributed by atoms with Gasteiger partial charge in [-0.1, -0.05) is 0 Å². The number of nitrogens with zero attached hydrogens (tertiary/aromatic N) is 1. The molecule has 0 aromatic heterocycles. The highest BCUT2D eigenvalue weighted by molar-refractivity contribution is 5.97. The summed E-state index contributed by atoms with van der Waals surface area (Å²) in [6, 6.07) is 2.20. The van der Waals surface area contributed by atoms with Gasteiger partial charge < -0.3 is 20.1 Å². The minimum atomic E-state index is -1.08. The van der Waals surface area contributed by atoms with Gasteiger partial charge in [0.05, 0.1) is 18.1 Å². The molecule has 0 aliphatic carbocycles. The van der Waals surface area contributed by atoms with Gasteiger partial charge in [-0.25, -0.2) is 9.18 Å². The Kier molecular flexibility index (Phi) is 6.76. The molecule has 148 valence electrons. The van der Waals surface area contributed by atoms with Crippen LogP contribution >= 0.6 is 0 Å². The number of likely N-dealkylation sites (tertiary alicyclic amines) is 1. The Morgan fingerprint density at radius 2 is 2.07 bits per heavy atom. The quantitative estimate of drug-likeness (QED) is 0.620. The molecule has 2 rings (SSSR count). The summed E-state index contributed by atoms with van der Waals surface area (Å²) >= 11 is 0. The number of carbonyl (C=O) groups excluding carboxylic acids is 3. The molecule has 0 unspecified atom stereocenters. The number of aryl methyl sites for hydroxylation is 1. The van der Waals surface area contributed by atoms with Gasteiger partial charge in [-0.05, 0) is 51.3 Å². The first-order chi connectivity index (χ1) is 12.7. The van der Waals surface area contributed by atoms with E-state index in [2.05, 4.69) is 0 Å². The fraction of sp³-hybridized carbons (Fsp3) is 0.526. The van der Waals surface area contributed by atoms with Gasteiger partial charge in [-0.2, -0.15) is 0 Å². The number of carbonyl (C=O) groups is 3. The number of halogens is 1. The normalized spacial score (nSPS) is 17.9. The number of esters is 2. The minimum absolute atomic E-state index is 0.112. The van der Waals surface area contributed by atoms with Crippen LogP contribution in [0.1, 0.15) is 42.6 Å². The Balaban J connectivity index is 2.03. The number of anilines is 1. The van der Waals surface area contributed by atoms with E-state index in [-0.39, 0.29) is 36.3 Å². The SMILES string of the molecule is CCOC(=O)[C@@H]1CCCN(C(=O)[C@@H](C)OC(=O)c2cc(F)cc(C)c2N)C1. The molecule has 1 aromatic carbocycles. The van der Waals surface area contributed by atoms with Crippen molar-refractivity contribution < 1.29 is 28.2 Å². The lowest BCUT2D eigenvalue weighted by Gasteiger charge is -2.33. The molecule has 0 spiro atoms. The van der Waals surface area contributed by atoms with Gasteiger partial charge in [0, 0.05) is 18.8 Å². The van der Waals surface area contributed by atoms with Crippen LogP contribution in [-0.2, 0) is 19.1 Å². The zero-order valence-electron chi connectivity index (χ0n) is 15.8. The van der Waals surface area contributed by atoms with Crippen molar-refractivity contribution in [2.45, 2.75) is 39.7 Å². The van der Waals surface area contributed by atoms with Crippen LogP contribution in [0.3, 0.4) is 0 Å². The Bertz CT molecular complexity index is 737. The largest absolute Gasteiger partial charge is 0.466 e. The average molecular weight is 380 g/mol. The Labute approximate surface area is 157 Å². The summed E-state index contributed by atoms with van der Waals surface area (Å²) in [5.74, 6) is -2.60. The maximum atomic E-state index is 13.6. The second-order valence-electron chi connectivity index (χ2n) is 6.61. The minimum Gasteiger partial charge on any atom is -0.466 e. The molecule has 1 aliphatic rings. The maximum absolute atomic E-state index is 13.6. The summed E-state index contributed by atoms with van der Waals surface area (Å²) < 4.78 is 23.8. The van der Waals surface area contributed by atoms with Crippen molar-refractivity contribution >= 4 is 23.5 Å². The van der Waals surface area contributed by atoms with Crippen molar-refractivity contribution in [3.8, 4) is 0 Å². The van der Waals surface area contributed by atoms with Gasteiger partial charge in [-0.15, -0.1) is 0 Å². The van der Waals surface area contributed by atoms with Crippen molar-refractivity contribution in [3.63, 3.8) is 0 Å². The number of piperidine rings is 1. The zero-order chi connectivity index (χ0) is 20.1. The summed E-state index contributed by atoms with van der Waals surface area (Å²) in [7, 11) is 0. The third kappa shape index (κ3) is 4.96. The van der Waals surface area contributed by atoms with Gasteiger partial charge >= 0.3 is 11.9 Å².